The van der Waals surface area contributed by atoms with Gasteiger partial charge in [-0.15, -0.1) is 0 Å². The Balaban J connectivity index is 1.64. The molecule has 0 bridgehead atoms. The minimum absolute atomic E-state index is 0.271. The van der Waals surface area contributed by atoms with Crippen LogP contribution in [0.3, 0.4) is 0 Å². The summed E-state index contributed by atoms with van der Waals surface area (Å²) in [6.45, 7) is 0. The number of hydrogen-bond donors (Lipinski definition) is 1. The summed E-state index contributed by atoms with van der Waals surface area (Å²) in [6, 6.07) is 19.7. The maximum Gasteiger partial charge on any atom is 0.342 e. The number of urea groups is 1. The molecule has 0 saturated carbocycles. The third-order valence-electron chi connectivity index (χ3n) is 4.46. The second-order valence-corrected chi connectivity index (χ2v) is 7.15. The Morgan fingerprint density at radius 1 is 1.00 bits per heavy atom. The number of rotatable bonds is 3. The van der Waals surface area contributed by atoms with Gasteiger partial charge in [0.1, 0.15) is 5.15 Å². The first-order valence-corrected chi connectivity index (χ1v) is 9.46. The zero-order valence-corrected chi connectivity index (χ0v) is 16.2. The number of hydrazone groups is 1. The molecule has 1 aromatic heterocycles. The quantitative estimate of drug-likeness (QED) is 0.556. The number of pyridine rings is 1. The van der Waals surface area contributed by atoms with Crippen molar-refractivity contribution in [1.82, 2.24) is 9.99 Å². The molecule has 3 aromatic rings. The van der Waals surface area contributed by atoms with E-state index in [2.05, 4.69) is 15.4 Å². The lowest BCUT2D eigenvalue weighted by molar-refractivity contribution is 0.200. The maximum atomic E-state index is 13.0. The molecule has 0 saturated heterocycles. The average molecular weight is 411 g/mol. The molecule has 7 heteroatoms. The van der Waals surface area contributed by atoms with Crippen molar-refractivity contribution in [3.63, 3.8) is 0 Å². The average Bonchev–Trinajstić information content (AvgIpc) is 3.17. The van der Waals surface area contributed by atoms with Crippen molar-refractivity contribution < 1.29 is 4.79 Å². The Labute approximate surface area is 172 Å². The topological polar surface area (TPSA) is 57.6 Å². The third-order valence-corrected chi connectivity index (χ3v) is 4.93. The fraction of sp³-hybridized carbons (Fsp3) is 0.0952. The van der Waals surface area contributed by atoms with E-state index in [0.717, 1.165) is 16.8 Å². The Kier molecular flexibility index (Phi) is 5.28. The molecule has 1 N–H and O–H groups in total. The largest absolute Gasteiger partial charge is 0.342 e. The second-order valence-electron chi connectivity index (χ2n) is 6.33. The van der Waals surface area contributed by atoms with Crippen molar-refractivity contribution in [2.24, 2.45) is 5.10 Å². The highest BCUT2D eigenvalue weighted by Gasteiger charge is 2.33. The first-order chi connectivity index (χ1) is 13.6. The summed E-state index contributed by atoms with van der Waals surface area (Å²) in [4.78, 5) is 17.1. The number of carbonyl (C=O) groups is 1. The zero-order valence-electron chi connectivity index (χ0n) is 14.7. The van der Waals surface area contributed by atoms with Gasteiger partial charge in [-0.2, -0.15) is 5.10 Å². The van der Waals surface area contributed by atoms with E-state index in [4.69, 9.17) is 23.2 Å². The molecule has 140 valence electrons. The number of nitrogens with one attached hydrogen (secondary N) is 1. The molecular weight excluding hydrogens is 395 g/mol. The number of hydrogen-bond acceptors (Lipinski definition) is 3. The van der Waals surface area contributed by atoms with E-state index < -0.39 is 0 Å². The van der Waals surface area contributed by atoms with E-state index in [-0.39, 0.29) is 12.1 Å². The van der Waals surface area contributed by atoms with Crippen LogP contribution in [-0.2, 0) is 0 Å². The Morgan fingerprint density at radius 2 is 1.75 bits per heavy atom. The lowest BCUT2D eigenvalue weighted by atomic mass is 10.00. The highest BCUT2D eigenvalue weighted by Crippen LogP contribution is 2.33. The van der Waals surface area contributed by atoms with Gasteiger partial charge >= 0.3 is 6.03 Å². The summed E-state index contributed by atoms with van der Waals surface area (Å²) in [5, 5.41) is 9.94. The van der Waals surface area contributed by atoms with Crippen LogP contribution in [-0.4, -0.2) is 21.7 Å². The van der Waals surface area contributed by atoms with E-state index in [0.29, 0.717) is 22.3 Å². The van der Waals surface area contributed by atoms with E-state index in [9.17, 15) is 4.79 Å². The van der Waals surface area contributed by atoms with Crippen molar-refractivity contribution in [3.05, 3.63) is 94.2 Å². The van der Waals surface area contributed by atoms with Crippen LogP contribution in [0, 0.1) is 0 Å². The van der Waals surface area contributed by atoms with E-state index in [1.165, 1.54) is 5.01 Å². The van der Waals surface area contributed by atoms with Gasteiger partial charge in [0, 0.05) is 23.3 Å². The highest BCUT2D eigenvalue weighted by molar-refractivity contribution is 6.30. The predicted molar refractivity (Wildman–Crippen MR) is 112 cm³/mol. The molecule has 1 unspecified atom stereocenters. The van der Waals surface area contributed by atoms with Crippen LogP contribution in [0.25, 0.3) is 0 Å². The number of nitrogens with zero attached hydrogens (tertiary/aromatic N) is 3. The summed E-state index contributed by atoms with van der Waals surface area (Å²) in [5.41, 5.74) is 3.33. The molecule has 1 aliphatic heterocycles. The molecule has 0 fully saturated rings. The lowest BCUT2D eigenvalue weighted by Crippen LogP contribution is -2.31. The van der Waals surface area contributed by atoms with Crippen LogP contribution < -0.4 is 5.32 Å². The summed E-state index contributed by atoms with van der Waals surface area (Å²) in [7, 11) is 0. The fourth-order valence-electron chi connectivity index (χ4n) is 3.06. The van der Waals surface area contributed by atoms with Gasteiger partial charge in [0.25, 0.3) is 0 Å². The van der Waals surface area contributed by atoms with Crippen LogP contribution in [0.4, 0.5) is 10.5 Å². The molecule has 2 amide bonds. The number of halogens is 2. The molecule has 28 heavy (non-hydrogen) atoms. The molecule has 2 heterocycles. The summed E-state index contributed by atoms with van der Waals surface area (Å²) in [5.74, 6) is 0. The monoisotopic (exact) mass is 410 g/mol. The molecule has 0 radical (unpaired) electrons. The summed E-state index contributed by atoms with van der Waals surface area (Å²) >= 11 is 11.8. The number of benzene rings is 2. The molecule has 2 aromatic carbocycles. The highest BCUT2D eigenvalue weighted by atomic mass is 35.5. The first kappa shape index (κ1) is 18.5. The van der Waals surface area contributed by atoms with Crippen molar-refractivity contribution in [3.8, 4) is 0 Å². The van der Waals surface area contributed by atoms with Crippen LogP contribution >= 0.6 is 23.2 Å². The van der Waals surface area contributed by atoms with Crippen molar-refractivity contribution in [1.29, 1.82) is 0 Å². The van der Waals surface area contributed by atoms with Gasteiger partial charge in [-0.05, 0) is 41.5 Å². The standard InChI is InChI=1S/C21H16Cl2N4O/c22-16-7-9-17(10-8-16)25-21(28)27-19(15-6-11-20(23)24-13-15)12-18(26-27)14-4-2-1-3-5-14/h1-11,13,19H,12H2,(H,25,28). The Bertz CT molecular complexity index is 1000. The number of carbonyl (C=O) groups excluding carboxylic acids is 1. The molecule has 4 rings (SSSR count). The predicted octanol–water partition coefficient (Wildman–Crippen LogP) is 5.77. The van der Waals surface area contributed by atoms with Crippen molar-refractivity contribution in [2.45, 2.75) is 12.5 Å². The van der Waals surface area contributed by atoms with Gasteiger partial charge in [-0.1, -0.05) is 59.6 Å². The van der Waals surface area contributed by atoms with Gasteiger partial charge in [-0.25, -0.2) is 14.8 Å². The normalized spacial score (nSPS) is 16.0. The molecule has 0 spiro atoms. The molecule has 5 nitrogen and oxygen atoms in total. The fourth-order valence-corrected chi connectivity index (χ4v) is 3.30. The van der Waals surface area contributed by atoms with Crippen LogP contribution in [0.15, 0.2) is 78.0 Å². The van der Waals surface area contributed by atoms with Gasteiger partial charge in [0.15, 0.2) is 0 Å². The van der Waals surface area contributed by atoms with E-state index in [1.54, 1.807) is 36.5 Å². The van der Waals surface area contributed by atoms with Crippen LogP contribution in [0.2, 0.25) is 10.2 Å². The van der Waals surface area contributed by atoms with E-state index >= 15 is 0 Å². The first-order valence-electron chi connectivity index (χ1n) is 8.70. The van der Waals surface area contributed by atoms with Gasteiger partial charge in [0.2, 0.25) is 0 Å². The minimum atomic E-state index is -0.326. The molecular formula is C21H16Cl2N4O. The number of amides is 2. The molecule has 1 aliphatic rings. The van der Waals surface area contributed by atoms with Crippen molar-refractivity contribution in [2.75, 3.05) is 5.32 Å². The van der Waals surface area contributed by atoms with Crippen LogP contribution in [0.5, 0.6) is 0 Å². The number of anilines is 1. The van der Waals surface area contributed by atoms with Crippen molar-refractivity contribution >= 4 is 40.6 Å². The Hall–Kier alpha value is -2.89. The maximum absolute atomic E-state index is 13.0. The van der Waals surface area contributed by atoms with Gasteiger partial charge in [-0.3, -0.25) is 0 Å². The zero-order chi connectivity index (χ0) is 19.5. The summed E-state index contributed by atoms with van der Waals surface area (Å²) < 4.78 is 0. The minimum Gasteiger partial charge on any atom is -0.306 e. The van der Waals surface area contributed by atoms with E-state index in [1.807, 2.05) is 36.4 Å². The molecule has 0 aliphatic carbocycles. The third kappa shape index (κ3) is 4.01. The SMILES string of the molecule is O=C(Nc1ccc(Cl)cc1)N1N=C(c2ccccc2)CC1c1ccc(Cl)nc1. The second kappa shape index (κ2) is 8.00. The lowest BCUT2D eigenvalue weighted by Gasteiger charge is -2.22. The van der Waals surface area contributed by atoms with Gasteiger partial charge < -0.3 is 5.32 Å². The smallest absolute Gasteiger partial charge is 0.306 e. The summed E-state index contributed by atoms with van der Waals surface area (Å²) in [6.07, 6.45) is 2.26. The number of aromatic nitrogens is 1. The van der Waals surface area contributed by atoms with Crippen LogP contribution in [0.1, 0.15) is 23.6 Å². The Morgan fingerprint density at radius 3 is 2.43 bits per heavy atom. The van der Waals surface area contributed by atoms with Gasteiger partial charge in [0.05, 0.1) is 11.8 Å². The molecule has 1 atom stereocenters.